The van der Waals surface area contributed by atoms with Gasteiger partial charge in [0.15, 0.2) is 5.69 Å². The fourth-order valence-electron chi connectivity index (χ4n) is 1.29. The lowest BCUT2D eigenvalue weighted by atomic mass is 10.3. The first-order valence-electron chi connectivity index (χ1n) is 5.22. The van der Waals surface area contributed by atoms with Crippen molar-refractivity contribution in [3.8, 4) is 0 Å². The Hall–Kier alpha value is -1.69. The number of esters is 1. The average molecular weight is 239 g/mol. The summed E-state index contributed by atoms with van der Waals surface area (Å²) in [6, 6.07) is 0.179. The van der Waals surface area contributed by atoms with Gasteiger partial charge in [0.05, 0.1) is 32.2 Å². The Morgan fingerprint density at radius 1 is 1.41 bits per heavy atom. The number of anilines is 1. The molecule has 6 heteroatoms. The molecule has 1 unspecified atom stereocenters. The molecule has 0 aromatic carbocycles. The number of likely N-dealkylation sites (N-methyl/N-ethyl adjacent to an activating group) is 1. The summed E-state index contributed by atoms with van der Waals surface area (Å²) >= 11 is 0. The molecule has 1 rings (SSSR count). The molecule has 0 amide bonds. The van der Waals surface area contributed by atoms with E-state index in [1.54, 1.807) is 13.3 Å². The van der Waals surface area contributed by atoms with Crippen molar-refractivity contribution in [3.05, 3.63) is 18.1 Å². The van der Waals surface area contributed by atoms with Crippen molar-refractivity contribution in [2.24, 2.45) is 0 Å². The van der Waals surface area contributed by atoms with Crippen molar-refractivity contribution >= 4 is 11.8 Å². The molecule has 1 aromatic heterocycles. The first kappa shape index (κ1) is 13.4. The number of carbonyl (C=O) groups excluding carboxylic acids is 1. The summed E-state index contributed by atoms with van der Waals surface area (Å²) in [6.45, 7) is 2.61. The zero-order chi connectivity index (χ0) is 12.8. The van der Waals surface area contributed by atoms with Gasteiger partial charge in [-0.3, -0.25) is 0 Å². The van der Waals surface area contributed by atoms with Crippen LogP contribution in [0.3, 0.4) is 0 Å². The first-order chi connectivity index (χ1) is 8.10. The van der Waals surface area contributed by atoms with Crippen molar-refractivity contribution in [3.63, 3.8) is 0 Å². The molecule has 0 radical (unpaired) electrons. The molecular formula is C11H17N3O3. The lowest BCUT2D eigenvalue weighted by molar-refractivity contribution is 0.0593. The van der Waals surface area contributed by atoms with Gasteiger partial charge < -0.3 is 14.4 Å². The molecule has 6 nitrogen and oxygen atoms in total. The van der Waals surface area contributed by atoms with Crippen LogP contribution in [-0.2, 0) is 9.47 Å². The number of carbonyl (C=O) groups is 1. The van der Waals surface area contributed by atoms with Gasteiger partial charge in [0.1, 0.15) is 5.82 Å². The number of nitrogens with zero attached hydrogens (tertiary/aromatic N) is 3. The van der Waals surface area contributed by atoms with Gasteiger partial charge in [-0.25, -0.2) is 14.8 Å². The van der Waals surface area contributed by atoms with E-state index in [2.05, 4.69) is 14.7 Å². The minimum absolute atomic E-state index is 0.179. The van der Waals surface area contributed by atoms with E-state index in [0.717, 1.165) is 0 Å². The summed E-state index contributed by atoms with van der Waals surface area (Å²) in [5, 5.41) is 0. The average Bonchev–Trinajstić information content (AvgIpc) is 2.37. The Balaban J connectivity index is 2.76. The molecule has 94 valence electrons. The summed E-state index contributed by atoms with van der Waals surface area (Å²) in [7, 11) is 4.85. The van der Waals surface area contributed by atoms with Crippen LogP contribution in [0.15, 0.2) is 12.4 Å². The van der Waals surface area contributed by atoms with E-state index in [0.29, 0.717) is 12.4 Å². The third-order valence-corrected chi connectivity index (χ3v) is 2.46. The van der Waals surface area contributed by atoms with Gasteiger partial charge >= 0.3 is 5.97 Å². The SMILES string of the molecule is COCC(C)N(C)c1cnc(C(=O)OC)cn1. The monoisotopic (exact) mass is 239 g/mol. The number of hydrogen-bond acceptors (Lipinski definition) is 6. The van der Waals surface area contributed by atoms with E-state index in [-0.39, 0.29) is 11.7 Å². The number of hydrogen-bond donors (Lipinski definition) is 0. The molecule has 0 spiro atoms. The quantitative estimate of drug-likeness (QED) is 0.706. The summed E-state index contributed by atoms with van der Waals surface area (Å²) in [5.74, 6) is 0.193. The van der Waals surface area contributed by atoms with Crippen LogP contribution < -0.4 is 4.90 Å². The molecule has 0 bridgehead atoms. The topological polar surface area (TPSA) is 64.5 Å². The molecule has 1 atom stereocenters. The van der Waals surface area contributed by atoms with E-state index < -0.39 is 5.97 Å². The van der Waals surface area contributed by atoms with E-state index in [9.17, 15) is 4.79 Å². The van der Waals surface area contributed by atoms with E-state index in [1.165, 1.54) is 13.3 Å². The summed E-state index contributed by atoms with van der Waals surface area (Å²) < 4.78 is 9.61. The second-order valence-electron chi connectivity index (χ2n) is 3.67. The Labute approximate surface area is 101 Å². The van der Waals surface area contributed by atoms with Gasteiger partial charge in [0.2, 0.25) is 0 Å². The number of aromatic nitrogens is 2. The maximum Gasteiger partial charge on any atom is 0.358 e. The van der Waals surface area contributed by atoms with Crippen LogP contribution in [0.1, 0.15) is 17.4 Å². The summed E-state index contributed by atoms with van der Waals surface area (Å²) in [6.07, 6.45) is 2.94. The summed E-state index contributed by atoms with van der Waals surface area (Å²) in [5.41, 5.74) is 0.198. The molecule has 17 heavy (non-hydrogen) atoms. The van der Waals surface area contributed by atoms with Gasteiger partial charge in [0, 0.05) is 14.2 Å². The first-order valence-corrected chi connectivity index (χ1v) is 5.22. The minimum Gasteiger partial charge on any atom is -0.464 e. The third-order valence-electron chi connectivity index (χ3n) is 2.46. The Bertz CT molecular complexity index is 367. The van der Waals surface area contributed by atoms with Crippen molar-refractivity contribution < 1.29 is 14.3 Å². The maximum absolute atomic E-state index is 11.2. The molecule has 0 saturated carbocycles. The Kier molecular flexibility index (Phi) is 4.84. The normalized spacial score (nSPS) is 12.0. The van der Waals surface area contributed by atoms with E-state index in [1.807, 2.05) is 18.9 Å². The number of methoxy groups -OCH3 is 2. The molecule has 0 saturated heterocycles. The van der Waals surface area contributed by atoms with Gasteiger partial charge in [0.25, 0.3) is 0 Å². The highest BCUT2D eigenvalue weighted by Crippen LogP contribution is 2.10. The van der Waals surface area contributed by atoms with Crippen LogP contribution in [0.5, 0.6) is 0 Å². The van der Waals surface area contributed by atoms with Gasteiger partial charge in [-0.2, -0.15) is 0 Å². The molecule has 0 N–H and O–H groups in total. The fourth-order valence-corrected chi connectivity index (χ4v) is 1.29. The minimum atomic E-state index is -0.489. The van der Waals surface area contributed by atoms with Crippen molar-refractivity contribution in [2.45, 2.75) is 13.0 Å². The van der Waals surface area contributed by atoms with Crippen molar-refractivity contribution in [1.82, 2.24) is 9.97 Å². The van der Waals surface area contributed by atoms with Crippen molar-refractivity contribution in [2.75, 3.05) is 32.8 Å². The van der Waals surface area contributed by atoms with Crippen LogP contribution in [-0.4, -0.2) is 49.9 Å². The number of ether oxygens (including phenoxy) is 2. The largest absolute Gasteiger partial charge is 0.464 e. The van der Waals surface area contributed by atoms with Crippen LogP contribution in [0.4, 0.5) is 5.82 Å². The molecule has 1 heterocycles. The lowest BCUT2D eigenvalue weighted by Crippen LogP contribution is -2.33. The molecule has 0 aliphatic rings. The van der Waals surface area contributed by atoms with Crippen LogP contribution >= 0.6 is 0 Å². The van der Waals surface area contributed by atoms with Crippen LogP contribution in [0.25, 0.3) is 0 Å². The van der Waals surface area contributed by atoms with Crippen LogP contribution in [0.2, 0.25) is 0 Å². The van der Waals surface area contributed by atoms with Gasteiger partial charge in [-0.15, -0.1) is 0 Å². The predicted molar refractivity (Wildman–Crippen MR) is 63.1 cm³/mol. The maximum atomic E-state index is 11.2. The van der Waals surface area contributed by atoms with Crippen molar-refractivity contribution in [1.29, 1.82) is 0 Å². The molecule has 0 aliphatic heterocycles. The molecule has 0 fully saturated rings. The Morgan fingerprint density at radius 3 is 2.59 bits per heavy atom. The van der Waals surface area contributed by atoms with Gasteiger partial charge in [-0.1, -0.05) is 0 Å². The zero-order valence-electron chi connectivity index (χ0n) is 10.5. The standard InChI is InChI=1S/C11H17N3O3/c1-8(7-16-3)14(2)10-6-12-9(5-13-10)11(15)17-4/h5-6,8H,7H2,1-4H3. The number of rotatable bonds is 5. The van der Waals surface area contributed by atoms with Gasteiger partial charge in [-0.05, 0) is 6.92 Å². The smallest absolute Gasteiger partial charge is 0.358 e. The zero-order valence-corrected chi connectivity index (χ0v) is 10.5. The summed E-state index contributed by atoms with van der Waals surface area (Å²) in [4.78, 5) is 21.3. The second kappa shape index (κ2) is 6.15. The fraction of sp³-hybridized carbons (Fsp3) is 0.545. The lowest BCUT2D eigenvalue weighted by Gasteiger charge is -2.24. The highest BCUT2D eigenvalue weighted by Gasteiger charge is 2.13. The Morgan fingerprint density at radius 2 is 2.12 bits per heavy atom. The molecular weight excluding hydrogens is 222 g/mol. The van der Waals surface area contributed by atoms with Crippen LogP contribution in [0, 0.1) is 0 Å². The second-order valence-corrected chi connectivity index (χ2v) is 3.67. The molecule has 1 aromatic rings. The van der Waals surface area contributed by atoms with E-state index >= 15 is 0 Å². The highest BCUT2D eigenvalue weighted by molar-refractivity contribution is 5.86. The third kappa shape index (κ3) is 3.39. The predicted octanol–water partition coefficient (Wildman–Crippen LogP) is 0.734. The van der Waals surface area contributed by atoms with E-state index in [4.69, 9.17) is 4.74 Å². The molecule has 0 aliphatic carbocycles. The highest BCUT2D eigenvalue weighted by atomic mass is 16.5.